The summed E-state index contributed by atoms with van der Waals surface area (Å²) >= 11 is 1.45. The molecule has 0 heterocycles. The van der Waals surface area contributed by atoms with E-state index in [0.29, 0.717) is 11.4 Å². The van der Waals surface area contributed by atoms with E-state index in [2.05, 4.69) is 5.32 Å². The third kappa shape index (κ3) is 4.38. The molecule has 0 saturated carbocycles. The highest BCUT2D eigenvalue weighted by atomic mass is 35.7. The Bertz CT molecular complexity index is 794. The number of anilines is 1. The van der Waals surface area contributed by atoms with Crippen LogP contribution in [0.5, 0.6) is 0 Å². The van der Waals surface area contributed by atoms with Gasteiger partial charge in [0.1, 0.15) is 5.82 Å². The molecule has 0 spiro atoms. The van der Waals surface area contributed by atoms with Gasteiger partial charge in [0.05, 0.1) is 10.8 Å². The van der Waals surface area contributed by atoms with Gasteiger partial charge in [-0.3, -0.25) is 0 Å². The Morgan fingerprint density at radius 1 is 1.14 bits per heavy atom. The number of benzene rings is 2. The summed E-state index contributed by atoms with van der Waals surface area (Å²) in [6, 6.07) is 9.56. The standard InChI is InChI=1S/C15H15ClFNO2S2/c1-10-3-5-13(22(16,19)20)8-15(10)21-9-18-12-4-6-14(17)11(2)7-12/h3-8,18H,9H2,1-2H3. The molecule has 0 aliphatic heterocycles. The Hall–Kier alpha value is -1.24. The molecule has 2 aromatic carbocycles. The number of aryl methyl sites for hydroxylation is 2. The van der Waals surface area contributed by atoms with Crippen LogP contribution in [0.1, 0.15) is 11.1 Å². The molecule has 2 aromatic rings. The highest BCUT2D eigenvalue weighted by Gasteiger charge is 2.12. The predicted octanol–water partition coefficient (Wildman–Crippen LogP) is 4.53. The fourth-order valence-corrected chi connectivity index (χ4v) is 3.59. The Morgan fingerprint density at radius 2 is 1.86 bits per heavy atom. The van der Waals surface area contributed by atoms with Gasteiger partial charge >= 0.3 is 0 Å². The van der Waals surface area contributed by atoms with Gasteiger partial charge < -0.3 is 5.32 Å². The van der Waals surface area contributed by atoms with Crippen molar-refractivity contribution in [2.75, 3.05) is 11.2 Å². The molecule has 0 bridgehead atoms. The van der Waals surface area contributed by atoms with Gasteiger partial charge in [-0.15, -0.1) is 11.8 Å². The van der Waals surface area contributed by atoms with Gasteiger partial charge in [-0.1, -0.05) is 6.07 Å². The molecule has 3 nitrogen and oxygen atoms in total. The average Bonchev–Trinajstić information content (AvgIpc) is 2.43. The van der Waals surface area contributed by atoms with E-state index in [1.165, 1.54) is 23.9 Å². The second kappa shape index (κ2) is 6.89. The molecule has 0 aromatic heterocycles. The zero-order valence-corrected chi connectivity index (χ0v) is 14.4. The van der Waals surface area contributed by atoms with E-state index in [0.717, 1.165) is 16.1 Å². The number of halogens is 2. The third-order valence-corrected chi connectivity index (χ3v) is 5.49. The highest BCUT2D eigenvalue weighted by Crippen LogP contribution is 2.27. The molecule has 0 aliphatic rings. The van der Waals surface area contributed by atoms with E-state index >= 15 is 0 Å². The van der Waals surface area contributed by atoms with E-state index in [4.69, 9.17) is 10.7 Å². The highest BCUT2D eigenvalue weighted by molar-refractivity contribution is 8.13. The minimum Gasteiger partial charge on any atom is -0.376 e. The zero-order chi connectivity index (χ0) is 16.3. The number of thioether (sulfide) groups is 1. The summed E-state index contributed by atoms with van der Waals surface area (Å²) in [6.07, 6.45) is 0. The van der Waals surface area contributed by atoms with Gasteiger partial charge in [-0.05, 0) is 55.3 Å². The molecule has 7 heteroatoms. The number of hydrogen-bond donors (Lipinski definition) is 1. The summed E-state index contributed by atoms with van der Waals surface area (Å²) < 4.78 is 35.9. The van der Waals surface area contributed by atoms with Crippen molar-refractivity contribution in [1.82, 2.24) is 0 Å². The second-order valence-electron chi connectivity index (χ2n) is 4.79. The second-order valence-corrected chi connectivity index (χ2v) is 8.38. The Morgan fingerprint density at radius 3 is 2.50 bits per heavy atom. The summed E-state index contributed by atoms with van der Waals surface area (Å²) in [4.78, 5) is 0.910. The molecule has 2 rings (SSSR count). The molecule has 0 saturated heterocycles. The van der Waals surface area contributed by atoms with Crippen molar-refractivity contribution in [2.45, 2.75) is 23.6 Å². The molecule has 0 radical (unpaired) electrons. The van der Waals surface area contributed by atoms with Crippen molar-refractivity contribution in [3.8, 4) is 0 Å². The monoisotopic (exact) mass is 359 g/mol. The van der Waals surface area contributed by atoms with Crippen molar-refractivity contribution < 1.29 is 12.8 Å². The first kappa shape index (κ1) is 17.1. The lowest BCUT2D eigenvalue weighted by Gasteiger charge is -2.10. The summed E-state index contributed by atoms with van der Waals surface area (Å²) in [7, 11) is 1.62. The largest absolute Gasteiger partial charge is 0.376 e. The summed E-state index contributed by atoms with van der Waals surface area (Å²) in [5, 5.41) is 3.16. The van der Waals surface area contributed by atoms with Crippen LogP contribution in [0.2, 0.25) is 0 Å². The van der Waals surface area contributed by atoms with Crippen LogP contribution in [0.25, 0.3) is 0 Å². The fraction of sp³-hybridized carbons (Fsp3) is 0.200. The normalized spacial score (nSPS) is 11.5. The maximum atomic E-state index is 13.2. The summed E-state index contributed by atoms with van der Waals surface area (Å²) in [5.74, 6) is 0.284. The maximum absolute atomic E-state index is 13.2. The minimum atomic E-state index is -3.73. The molecule has 0 atom stereocenters. The SMILES string of the molecule is Cc1cc(NCSc2cc(S(=O)(=O)Cl)ccc2C)ccc1F. The topological polar surface area (TPSA) is 46.2 Å². The molecule has 0 aliphatic carbocycles. The van der Waals surface area contributed by atoms with Gasteiger partial charge in [0.2, 0.25) is 0 Å². The zero-order valence-electron chi connectivity index (χ0n) is 12.1. The third-order valence-electron chi connectivity index (χ3n) is 3.10. The van der Waals surface area contributed by atoms with Crippen molar-refractivity contribution >= 4 is 37.2 Å². The van der Waals surface area contributed by atoms with Crippen LogP contribution < -0.4 is 5.32 Å². The van der Waals surface area contributed by atoms with Crippen LogP contribution in [-0.2, 0) is 9.05 Å². The van der Waals surface area contributed by atoms with E-state index in [1.54, 1.807) is 31.2 Å². The van der Waals surface area contributed by atoms with Gasteiger partial charge in [-0.2, -0.15) is 0 Å². The molecular weight excluding hydrogens is 345 g/mol. The lowest BCUT2D eigenvalue weighted by atomic mass is 10.2. The van der Waals surface area contributed by atoms with Crippen LogP contribution in [0.3, 0.4) is 0 Å². The average molecular weight is 360 g/mol. The fourth-order valence-electron chi connectivity index (χ4n) is 1.84. The first-order valence-corrected chi connectivity index (χ1v) is 9.75. The van der Waals surface area contributed by atoms with Crippen molar-refractivity contribution in [2.24, 2.45) is 0 Å². The first-order valence-electron chi connectivity index (χ1n) is 6.45. The molecule has 118 valence electrons. The molecule has 1 N–H and O–H groups in total. The Kier molecular flexibility index (Phi) is 5.36. The minimum absolute atomic E-state index is 0.0832. The molecule has 0 unspecified atom stereocenters. The number of rotatable bonds is 5. The van der Waals surface area contributed by atoms with Crippen LogP contribution in [0, 0.1) is 19.7 Å². The van der Waals surface area contributed by atoms with E-state index in [-0.39, 0.29) is 10.7 Å². The van der Waals surface area contributed by atoms with E-state index in [1.807, 2.05) is 6.92 Å². The van der Waals surface area contributed by atoms with Crippen molar-refractivity contribution in [3.05, 3.63) is 53.3 Å². The summed E-state index contributed by atoms with van der Waals surface area (Å²) in [5.41, 5.74) is 2.35. The Labute approximate surface area is 138 Å². The lowest BCUT2D eigenvalue weighted by Crippen LogP contribution is -1.99. The number of hydrogen-bond acceptors (Lipinski definition) is 4. The summed E-state index contributed by atoms with van der Waals surface area (Å²) in [6.45, 7) is 3.60. The molecule has 0 amide bonds. The quantitative estimate of drug-likeness (QED) is 0.484. The van der Waals surface area contributed by atoms with Crippen LogP contribution in [0.4, 0.5) is 10.1 Å². The van der Waals surface area contributed by atoms with Gasteiger partial charge in [0, 0.05) is 21.3 Å². The maximum Gasteiger partial charge on any atom is 0.261 e. The van der Waals surface area contributed by atoms with Gasteiger partial charge in [0.15, 0.2) is 0 Å². The van der Waals surface area contributed by atoms with E-state index < -0.39 is 9.05 Å². The van der Waals surface area contributed by atoms with Gasteiger partial charge in [0.25, 0.3) is 9.05 Å². The predicted molar refractivity (Wildman–Crippen MR) is 89.7 cm³/mol. The van der Waals surface area contributed by atoms with E-state index in [9.17, 15) is 12.8 Å². The van der Waals surface area contributed by atoms with Crippen LogP contribution in [-0.4, -0.2) is 14.3 Å². The molecule has 0 fully saturated rings. The van der Waals surface area contributed by atoms with Crippen molar-refractivity contribution in [3.63, 3.8) is 0 Å². The van der Waals surface area contributed by atoms with Gasteiger partial charge in [-0.25, -0.2) is 12.8 Å². The Balaban J connectivity index is 2.06. The van der Waals surface area contributed by atoms with Crippen LogP contribution >= 0.6 is 22.4 Å². The molecular formula is C15H15ClFNO2S2. The smallest absolute Gasteiger partial charge is 0.261 e. The number of nitrogens with one attached hydrogen (secondary N) is 1. The van der Waals surface area contributed by atoms with Crippen LogP contribution in [0.15, 0.2) is 46.2 Å². The van der Waals surface area contributed by atoms with Crippen molar-refractivity contribution in [1.29, 1.82) is 0 Å². The molecule has 22 heavy (non-hydrogen) atoms. The lowest BCUT2D eigenvalue weighted by molar-refractivity contribution is 0.609. The first-order chi connectivity index (χ1) is 10.3.